The lowest BCUT2D eigenvalue weighted by Crippen LogP contribution is -2.35. The van der Waals surface area contributed by atoms with Crippen molar-refractivity contribution in [2.45, 2.75) is 19.3 Å². The highest BCUT2D eigenvalue weighted by molar-refractivity contribution is 7.09. The van der Waals surface area contributed by atoms with Crippen LogP contribution < -0.4 is 4.90 Å². The van der Waals surface area contributed by atoms with Crippen molar-refractivity contribution in [3.05, 3.63) is 46.3 Å². The molecular formula is C18H20N4OS. The van der Waals surface area contributed by atoms with Crippen molar-refractivity contribution in [3.8, 4) is 6.07 Å². The van der Waals surface area contributed by atoms with Gasteiger partial charge in [0.25, 0.3) is 0 Å². The predicted octanol–water partition coefficient (Wildman–Crippen LogP) is 2.69. The molecule has 3 rings (SSSR count). The van der Waals surface area contributed by atoms with Gasteiger partial charge in [0.2, 0.25) is 5.91 Å². The van der Waals surface area contributed by atoms with E-state index in [2.05, 4.69) is 22.0 Å². The van der Waals surface area contributed by atoms with Crippen molar-refractivity contribution in [2.75, 3.05) is 31.1 Å². The SMILES string of the molecule is N#Cc1cccnc1N1CCCN(C(=O)CCc2cccs2)CC1. The summed E-state index contributed by atoms with van der Waals surface area (Å²) in [6.07, 6.45) is 3.99. The molecule has 2 aromatic rings. The Balaban J connectivity index is 1.58. The second-order valence-electron chi connectivity index (χ2n) is 5.79. The largest absolute Gasteiger partial charge is 0.354 e. The zero-order valence-electron chi connectivity index (χ0n) is 13.5. The Morgan fingerprint density at radius 1 is 1.25 bits per heavy atom. The monoisotopic (exact) mass is 340 g/mol. The van der Waals surface area contributed by atoms with Crippen molar-refractivity contribution in [3.63, 3.8) is 0 Å². The first-order chi connectivity index (χ1) is 11.8. The first-order valence-corrected chi connectivity index (χ1v) is 9.06. The first kappa shape index (κ1) is 16.5. The highest BCUT2D eigenvalue weighted by Gasteiger charge is 2.21. The molecule has 0 aromatic carbocycles. The molecule has 1 fully saturated rings. The summed E-state index contributed by atoms with van der Waals surface area (Å²) < 4.78 is 0. The van der Waals surface area contributed by atoms with Crippen LogP contribution in [0.2, 0.25) is 0 Å². The van der Waals surface area contributed by atoms with Gasteiger partial charge in [-0.2, -0.15) is 5.26 Å². The molecule has 0 saturated carbocycles. The standard InChI is InChI=1S/C18H20N4OS/c19-14-15-4-1-8-20-18(15)22-10-3-9-21(11-12-22)17(23)7-6-16-5-2-13-24-16/h1-2,4-5,8,13H,3,6-7,9-12H2. The third-order valence-electron chi connectivity index (χ3n) is 4.22. The summed E-state index contributed by atoms with van der Waals surface area (Å²) in [6, 6.07) is 9.86. The van der Waals surface area contributed by atoms with Gasteiger partial charge in [0.05, 0.1) is 5.56 Å². The molecule has 0 unspecified atom stereocenters. The normalized spacial score (nSPS) is 15.0. The number of carbonyl (C=O) groups is 1. The van der Waals surface area contributed by atoms with Crippen molar-refractivity contribution in [2.24, 2.45) is 0 Å². The molecule has 24 heavy (non-hydrogen) atoms. The molecule has 0 atom stereocenters. The number of hydrogen-bond acceptors (Lipinski definition) is 5. The Bertz CT molecular complexity index is 723. The summed E-state index contributed by atoms with van der Waals surface area (Å²) in [5.41, 5.74) is 0.593. The Hall–Kier alpha value is -2.39. The summed E-state index contributed by atoms with van der Waals surface area (Å²) in [4.78, 5) is 22.1. The van der Waals surface area contributed by atoms with Crippen LogP contribution in [0.3, 0.4) is 0 Å². The Morgan fingerprint density at radius 3 is 2.96 bits per heavy atom. The minimum absolute atomic E-state index is 0.215. The van der Waals surface area contributed by atoms with Crippen molar-refractivity contribution in [1.82, 2.24) is 9.88 Å². The van der Waals surface area contributed by atoms with Gasteiger partial charge in [-0.05, 0) is 36.4 Å². The molecule has 1 aliphatic heterocycles. The lowest BCUT2D eigenvalue weighted by molar-refractivity contribution is -0.130. The molecule has 5 nitrogen and oxygen atoms in total. The number of nitriles is 1. The van der Waals surface area contributed by atoms with Gasteiger partial charge < -0.3 is 9.80 Å². The molecule has 2 aromatic heterocycles. The molecule has 1 aliphatic rings. The smallest absolute Gasteiger partial charge is 0.222 e. The average molecular weight is 340 g/mol. The number of aromatic nitrogens is 1. The highest BCUT2D eigenvalue weighted by atomic mass is 32.1. The lowest BCUT2D eigenvalue weighted by Gasteiger charge is -2.23. The van der Waals surface area contributed by atoms with Gasteiger partial charge in [-0.3, -0.25) is 4.79 Å². The van der Waals surface area contributed by atoms with E-state index in [1.165, 1.54) is 4.88 Å². The van der Waals surface area contributed by atoms with Crippen LogP contribution in [0.25, 0.3) is 0 Å². The van der Waals surface area contributed by atoms with E-state index < -0.39 is 0 Å². The summed E-state index contributed by atoms with van der Waals surface area (Å²) in [5, 5.41) is 11.3. The second kappa shape index (κ2) is 7.93. The molecule has 124 valence electrons. The van der Waals surface area contributed by atoms with Crippen molar-refractivity contribution >= 4 is 23.1 Å². The van der Waals surface area contributed by atoms with Crippen LogP contribution in [0, 0.1) is 11.3 Å². The minimum atomic E-state index is 0.215. The Labute approximate surface area is 146 Å². The third-order valence-corrected chi connectivity index (χ3v) is 5.16. The van der Waals surface area contributed by atoms with Crippen molar-refractivity contribution < 1.29 is 4.79 Å². The van der Waals surface area contributed by atoms with Crippen LogP contribution in [0.15, 0.2) is 35.8 Å². The van der Waals surface area contributed by atoms with E-state index >= 15 is 0 Å². The molecular weight excluding hydrogens is 320 g/mol. The average Bonchev–Trinajstić information content (AvgIpc) is 3.02. The van der Waals surface area contributed by atoms with Gasteiger partial charge in [0.1, 0.15) is 11.9 Å². The molecule has 0 spiro atoms. The van der Waals surface area contributed by atoms with E-state index in [9.17, 15) is 10.1 Å². The summed E-state index contributed by atoms with van der Waals surface area (Å²) >= 11 is 1.70. The second-order valence-corrected chi connectivity index (χ2v) is 6.82. The maximum Gasteiger partial charge on any atom is 0.222 e. The number of carbonyl (C=O) groups excluding carboxylic acids is 1. The maximum absolute atomic E-state index is 12.5. The number of hydrogen-bond donors (Lipinski definition) is 0. The molecule has 0 bridgehead atoms. The number of rotatable bonds is 4. The van der Waals surface area contributed by atoms with Crippen LogP contribution in [-0.4, -0.2) is 42.0 Å². The zero-order valence-corrected chi connectivity index (χ0v) is 14.3. The quantitative estimate of drug-likeness (QED) is 0.858. The fourth-order valence-corrected chi connectivity index (χ4v) is 3.67. The van der Waals surface area contributed by atoms with Crippen LogP contribution in [0.1, 0.15) is 23.3 Å². The van der Waals surface area contributed by atoms with E-state index in [0.717, 1.165) is 38.3 Å². The number of aryl methyl sites for hydroxylation is 1. The number of amides is 1. The van der Waals surface area contributed by atoms with Gasteiger partial charge in [0.15, 0.2) is 0 Å². The number of pyridine rings is 1. The lowest BCUT2D eigenvalue weighted by atomic mass is 10.2. The number of nitrogens with zero attached hydrogens (tertiary/aromatic N) is 4. The molecule has 6 heteroatoms. The fraction of sp³-hybridized carbons (Fsp3) is 0.389. The molecule has 1 amide bonds. The molecule has 0 aliphatic carbocycles. The van der Waals surface area contributed by atoms with Gasteiger partial charge in [0, 0.05) is 43.7 Å². The van der Waals surface area contributed by atoms with Crippen molar-refractivity contribution in [1.29, 1.82) is 5.26 Å². The minimum Gasteiger partial charge on any atom is -0.354 e. The van der Waals surface area contributed by atoms with Gasteiger partial charge in [-0.1, -0.05) is 6.07 Å². The molecule has 0 N–H and O–H groups in total. The van der Waals surface area contributed by atoms with E-state index in [0.29, 0.717) is 18.5 Å². The predicted molar refractivity (Wildman–Crippen MR) is 95.0 cm³/mol. The van der Waals surface area contributed by atoms with Gasteiger partial charge in [-0.15, -0.1) is 11.3 Å². The van der Waals surface area contributed by atoms with Crippen LogP contribution in [0.5, 0.6) is 0 Å². The maximum atomic E-state index is 12.5. The third kappa shape index (κ3) is 3.92. The zero-order chi connectivity index (χ0) is 16.8. The van der Waals surface area contributed by atoms with Gasteiger partial charge in [-0.25, -0.2) is 4.98 Å². The molecule has 3 heterocycles. The van der Waals surface area contributed by atoms with Crippen LogP contribution in [0.4, 0.5) is 5.82 Å². The molecule has 1 saturated heterocycles. The van der Waals surface area contributed by atoms with E-state index in [1.54, 1.807) is 29.7 Å². The Kier molecular flexibility index (Phi) is 5.44. The van der Waals surface area contributed by atoms with Crippen LogP contribution >= 0.6 is 11.3 Å². The number of thiophene rings is 1. The van der Waals surface area contributed by atoms with E-state index in [-0.39, 0.29) is 5.91 Å². The van der Waals surface area contributed by atoms with Gasteiger partial charge >= 0.3 is 0 Å². The Morgan fingerprint density at radius 2 is 2.17 bits per heavy atom. The topological polar surface area (TPSA) is 60.2 Å². The fourth-order valence-electron chi connectivity index (χ4n) is 2.96. The number of anilines is 1. The molecule has 0 radical (unpaired) electrons. The summed E-state index contributed by atoms with van der Waals surface area (Å²) in [7, 11) is 0. The first-order valence-electron chi connectivity index (χ1n) is 8.18. The van der Waals surface area contributed by atoms with E-state index in [4.69, 9.17) is 0 Å². The highest BCUT2D eigenvalue weighted by Crippen LogP contribution is 2.19. The summed E-state index contributed by atoms with van der Waals surface area (Å²) in [6.45, 7) is 3.00. The van der Waals surface area contributed by atoms with Crippen LogP contribution in [-0.2, 0) is 11.2 Å². The van der Waals surface area contributed by atoms with E-state index in [1.807, 2.05) is 16.3 Å². The summed E-state index contributed by atoms with van der Waals surface area (Å²) in [5.74, 6) is 0.944.